The molecule has 3 N–H and O–H groups in total. The lowest BCUT2D eigenvalue weighted by Gasteiger charge is -2.18. The summed E-state index contributed by atoms with van der Waals surface area (Å²) >= 11 is 4.31. The summed E-state index contributed by atoms with van der Waals surface area (Å²) in [5, 5.41) is 26.3. The van der Waals surface area contributed by atoms with Gasteiger partial charge in [-0.2, -0.15) is 5.10 Å². The fourth-order valence-corrected chi connectivity index (χ4v) is 3.06. The number of rotatable bonds is 12. The molecule has 0 aliphatic carbocycles. The number of hydrogen-bond acceptors (Lipinski definition) is 7. The van der Waals surface area contributed by atoms with Crippen LogP contribution >= 0.6 is 12.6 Å². The van der Waals surface area contributed by atoms with E-state index in [4.69, 9.17) is 4.74 Å². The summed E-state index contributed by atoms with van der Waals surface area (Å²) in [7, 11) is 0. The number of nitrogens with zero attached hydrogens (tertiary/aromatic N) is 2. The van der Waals surface area contributed by atoms with Crippen LogP contribution in [0.4, 0.5) is 0 Å². The molecular formula is C20H30N4O3S. The summed E-state index contributed by atoms with van der Waals surface area (Å²) < 4.78 is 5.44. The van der Waals surface area contributed by atoms with Crippen molar-refractivity contribution in [3.63, 3.8) is 0 Å². The molecule has 1 aromatic carbocycles. The number of benzene rings is 1. The Bertz CT molecular complexity index is 759. The second kappa shape index (κ2) is 12.0. The molecular weight excluding hydrogens is 376 g/mol. The number of nitrogens with one attached hydrogen (secondary N) is 2. The smallest absolute Gasteiger partial charge is 0.227 e. The minimum atomic E-state index is -0.612. The van der Waals surface area contributed by atoms with Crippen LogP contribution in [-0.4, -0.2) is 53.2 Å². The number of aliphatic hydroxyl groups is 1. The van der Waals surface area contributed by atoms with Crippen molar-refractivity contribution in [1.29, 1.82) is 0 Å². The zero-order chi connectivity index (χ0) is 20.4. The van der Waals surface area contributed by atoms with E-state index in [9.17, 15) is 9.90 Å². The van der Waals surface area contributed by atoms with Crippen molar-refractivity contribution in [2.45, 2.75) is 56.8 Å². The van der Waals surface area contributed by atoms with E-state index in [2.05, 4.69) is 40.4 Å². The van der Waals surface area contributed by atoms with Gasteiger partial charge < -0.3 is 15.2 Å². The molecule has 8 heteroatoms. The molecule has 7 nitrogen and oxygen atoms in total. The van der Waals surface area contributed by atoms with Crippen molar-refractivity contribution in [2.24, 2.45) is 0 Å². The highest BCUT2D eigenvalue weighted by molar-refractivity contribution is 7.80. The third-order valence-electron chi connectivity index (χ3n) is 4.31. The lowest BCUT2D eigenvalue weighted by molar-refractivity contribution is -0.121. The number of aliphatic hydroxyl groups excluding tert-OH is 1. The molecule has 2 unspecified atom stereocenters. The number of fused-ring (bicyclic) bond motifs is 1. The minimum Gasteiger partial charge on any atom is -0.389 e. The number of carbonyl (C=O) groups is 1. The van der Waals surface area contributed by atoms with Crippen LogP contribution in [0.1, 0.15) is 38.8 Å². The monoisotopic (exact) mass is 406 g/mol. The Labute approximate surface area is 171 Å². The highest BCUT2D eigenvalue weighted by atomic mass is 32.1. The van der Waals surface area contributed by atoms with Crippen molar-refractivity contribution >= 4 is 29.3 Å². The van der Waals surface area contributed by atoms with Crippen LogP contribution in [-0.2, 0) is 16.0 Å². The number of amides is 1. The maximum absolute atomic E-state index is 12.3. The Morgan fingerprint density at radius 2 is 2.00 bits per heavy atom. The predicted molar refractivity (Wildman–Crippen MR) is 112 cm³/mol. The van der Waals surface area contributed by atoms with Crippen LogP contribution in [0.5, 0.6) is 0 Å². The van der Waals surface area contributed by atoms with Gasteiger partial charge in [0.1, 0.15) is 5.03 Å². The summed E-state index contributed by atoms with van der Waals surface area (Å²) in [4.78, 5) is 12.3. The van der Waals surface area contributed by atoms with Crippen LogP contribution in [0.3, 0.4) is 0 Å². The molecule has 1 heterocycles. The average molecular weight is 407 g/mol. The normalized spacial score (nSPS) is 13.4. The van der Waals surface area contributed by atoms with Crippen molar-refractivity contribution in [3.8, 4) is 0 Å². The topological polar surface area (TPSA) is 96.4 Å². The van der Waals surface area contributed by atoms with E-state index in [1.54, 1.807) is 0 Å². The van der Waals surface area contributed by atoms with E-state index in [-0.39, 0.29) is 25.1 Å². The molecule has 28 heavy (non-hydrogen) atoms. The fourth-order valence-electron chi connectivity index (χ4n) is 2.82. The van der Waals surface area contributed by atoms with Gasteiger partial charge in [-0.1, -0.05) is 44.0 Å². The van der Waals surface area contributed by atoms with Crippen molar-refractivity contribution < 1.29 is 14.6 Å². The van der Waals surface area contributed by atoms with Gasteiger partial charge in [0.25, 0.3) is 0 Å². The first-order valence-electron chi connectivity index (χ1n) is 9.73. The predicted octanol–water partition coefficient (Wildman–Crippen LogP) is 2.08. The first-order valence-corrected chi connectivity index (χ1v) is 10.2. The molecule has 0 saturated carbocycles. The second-order valence-electron chi connectivity index (χ2n) is 6.83. The van der Waals surface area contributed by atoms with Gasteiger partial charge in [-0.05, 0) is 13.3 Å². The van der Waals surface area contributed by atoms with Gasteiger partial charge in [0.05, 0.1) is 31.0 Å². The van der Waals surface area contributed by atoms with E-state index >= 15 is 0 Å². The molecule has 0 aliphatic heterocycles. The van der Waals surface area contributed by atoms with Crippen molar-refractivity contribution in [2.75, 3.05) is 19.8 Å². The van der Waals surface area contributed by atoms with Crippen LogP contribution in [0, 0.1) is 0 Å². The van der Waals surface area contributed by atoms with Crippen LogP contribution in [0.25, 0.3) is 10.8 Å². The summed E-state index contributed by atoms with van der Waals surface area (Å²) in [5.74, 6) is -0.170. The number of carbonyl (C=O) groups excluding carboxylic acids is 1. The standard InChI is InChI=1S/C20H30N4O3S/c1-3-4-7-10-27-13-15(25)12-21-14(2)22-19(26)11-18-16-8-5-6-9-17(16)20(28)24-23-18/h5-6,8-9,14-15,21,25H,3-4,7,10-13H2,1-2H3,(H,22,26)(H,24,28). The molecule has 2 atom stereocenters. The number of hydrogen-bond donors (Lipinski definition) is 4. The molecule has 0 aliphatic rings. The Morgan fingerprint density at radius 3 is 2.75 bits per heavy atom. The van der Waals surface area contributed by atoms with E-state index in [0.717, 1.165) is 30.0 Å². The van der Waals surface area contributed by atoms with Gasteiger partial charge in [0.15, 0.2) is 0 Å². The maximum Gasteiger partial charge on any atom is 0.227 e. The summed E-state index contributed by atoms with van der Waals surface area (Å²) in [5.41, 5.74) is 0.610. The Hall–Kier alpha value is -1.74. The highest BCUT2D eigenvalue weighted by Crippen LogP contribution is 2.21. The summed E-state index contributed by atoms with van der Waals surface area (Å²) in [6.07, 6.45) is 2.51. The average Bonchev–Trinajstić information content (AvgIpc) is 2.68. The van der Waals surface area contributed by atoms with Gasteiger partial charge in [-0.25, -0.2) is 0 Å². The SMILES string of the molecule is CCCCCOCC(O)CNC(C)NC(=O)Cc1nnc(S)c2ccccc12. The fraction of sp³-hybridized carbons (Fsp3) is 0.550. The van der Waals surface area contributed by atoms with Crippen molar-refractivity contribution in [1.82, 2.24) is 20.8 Å². The molecule has 0 spiro atoms. The quantitative estimate of drug-likeness (QED) is 0.245. The van der Waals surface area contributed by atoms with E-state index in [1.165, 1.54) is 0 Å². The van der Waals surface area contributed by atoms with Crippen LogP contribution in [0.15, 0.2) is 29.3 Å². The van der Waals surface area contributed by atoms with Gasteiger partial charge in [-0.3, -0.25) is 10.1 Å². The van der Waals surface area contributed by atoms with Gasteiger partial charge in [0, 0.05) is 23.9 Å². The lowest BCUT2D eigenvalue weighted by atomic mass is 10.1. The molecule has 0 radical (unpaired) electrons. The highest BCUT2D eigenvalue weighted by Gasteiger charge is 2.14. The lowest BCUT2D eigenvalue weighted by Crippen LogP contribution is -2.47. The molecule has 154 valence electrons. The third kappa shape index (κ3) is 7.35. The zero-order valence-corrected chi connectivity index (χ0v) is 17.4. The molecule has 2 rings (SSSR count). The van der Waals surface area contributed by atoms with Gasteiger partial charge in [0.2, 0.25) is 5.91 Å². The molecule has 1 aromatic heterocycles. The van der Waals surface area contributed by atoms with E-state index in [1.807, 2.05) is 31.2 Å². The molecule has 2 aromatic rings. The Morgan fingerprint density at radius 1 is 1.25 bits per heavy atom. The minimum absolute atomic E-state index is 0.122. The first kappa shape index (κ1) is 22.5. The number of ether oxygens (including phenoxy) is 1. The maximum atomic E-state index is 12.3. The van der Waals surface area contributed by atoms with E-state index < -0.39 is 6.10 Å². The number of thiol groups is 1. The number of unbranched alkanes of at least 4 members (excludes halogenated alkanes) is 2. The Balaban J connectivity index is 1.75. The van der Waals surface area contributed by atoms with Gasteiger partial charge >= 0.3 is 0 Å². The third-order valence-corrected chi connectivity index (χ3v) is 4.64. The molecule has 0 saturated heterocycles. The first-order chi connectivity index (χ1) is 13.5. The Kier molecular flexibility index (Phi) is 9.63. The molecule has 0 fully saturated rings. The van der Waals surface area contributed by atoms with Gasteiger partial charge in [-0.15, -0.1) is 17.7 Å². The summed E-state index contributed by atoms with van der Waals surface area (Å²) in [6, 6.07) is 7.61. The number of aromatic nitrogens is 2. The summed E-state index contributed by atoms with van der Waals surface area (Å²) in [6.45, 7) is 5.25. The van der Waals surface area contributed by atoms with E-state index in [0.29, 0.717) is 23.9 Å². The van der Waals surface area contributed by atoms with Crippen molar-refractivity contribution in [3.05, 3.63) is 30.0 Å². The van der Waals surface area contributed by atoms with Crippen LogP contribution in [0.2, 0.25) is 0 Å². The molecule has 1 amide bonds. The largest absolute Gasteiger partial charge is 0.389 e. The molecule has 0 bridgehead atoms. The second-order valence-corrected chi connectivity index (χ2v) is 7.25. The zero-order valence-electron chi connectivity index (χ0n) is 16.5. The van der Waals surface area contributed by atoms with Crippen LogP contribution < -0.4 is 10.6 Å².